The van der Waals surface area contributed by atoms with Crippen molar-refractivity contribution in [1.29, 1.82) is 0 Å². The van der Waals surface area contributed by atoms with Gasteiger partial charge < -0.3 is 4.90 Å². The second-order valence-corrected chi connectivity index (χ2v) is 8.84. The van der Waals surface area contributed by atoms with Gasteiger partial charge in [0.1, 0.15) is 0 Å². The summed E-state index contributed by atoms with van der Waals surface area (Å²) in [4.78, 5) is 23.0. The van der Waals surface area contributed by atoms with Crippen molar-refractivity contribution in [3.63, 3.8) is 0 Å². The van der Waals surface area contributed by atoms with E-state index in [1.54, 1.807) is 11.3 Å². The molecule has 28 heavy (non-hydrogen) atoms. The molecule has 5 nitrogen and oxygen atoms in total. The first-order valence-corrected chi connectivity index (χ1v) is 10.4. The maximum atomic E-state index is 12.9. The van der Waals surface area contributed by atoms with Gasteiger partial charge >= 0.3 is 0 Å². The third kappa shape index (κ3) is 3.23. The van der Waals surface area contributed by atoms with E-state index in [0.29, 0.717) is 24.3 Å². The first-order valence-electron chi connectivity index (χ1n) is 9.55. The van der Waals surface area contributed by atoms with Gasteiger partial charge in [-0.25, -0.2) is 4.98 Å². The summed E-state index contributed by atoms with van der Waals surface area (Å²) >= 11 is 1.60. The minimum atomic E-state index is 0. The summed E-state index contributed by atoms with van der Waals surface area (Å²) in [5.74, 6) is 1.29. The fraction of sp³-hybridized carbons (Fsp3) is 0.429. The number of aromatic nitrogens is 2. The molecule has 0 bridgehead atoms. The minimum absolute atomic E-state index is 0. The zero-order chi connectivity index (χ0) is 18.5. The van der Waals surface area contributed by atoms with Crippen LogP contribution in [0.2, 0.25) is 0 Å². The van der Waals surface area contributed by atoms with E-state index >= 15 is 0 Å². The number of thiazole rings is 1. The Kier molecular flexibility index (Phi) is 5.21. The molecule has 0 spiro atoms. The number of fused-ring (bicyclic) bond motifs is 2. The van der Waals surface area contributed by atoms with Crippen molar-refractivity contribution in [3.8, 4) is 0 Å². The molecule has 2 aromatic heterocycles. The highest BCUT2D eigenvalue weighted by atomic mass is 35.5. The number of amides is 1. The van der Waals surface area contributed by atoms with E-state index in [1.165, 1.54) is 11.1 Å². The van der Waals surface area contributed by atoms with Crippen LogP contribution >= 0.6 is 23.7 Å². The molecular formula is C21H25ClN4OS. The molecule has 5 rings (SSSR count). The van der Waals surface area contributed by atoms with Gasteiger partial charge in [0.2, 0.25) is 5.91 Å². The molecule has 2 fully saturated rings. The fourth-order valence-corrected chi connectivity index (χ4v) is 5.69. The van der Waals surface area contributed by atoms with Gasteiger partial charge in [0.15, 0.2) is 4.96 Å². The molecule has 4 heterocycles. The van der Waals surface area contributed by atoms with E-state index < -0.39 is 0 Å². The van der Waals surface area contributed by atoms with Crippen LogP contribution in [0.1, 0.15) is 22.9 Å². The van der Waals surface area contributed by atoms with Crippen molar-refractivity contribution in [3.05, 3.63) is 58.9 Å². The van der Waals surface area contributed by atoms with Crippen LogP contribution in [-0.4, -0.2) is 51.8 Å². The highest BCUT2D eigenvalue weighted by Gasteiger charge is 2.47. The molecule has 2 aliphatic heterocycles. The molecule has 7 heteroatoms. The van der Waals surface area contributed by atoms with E-state index in [-0.39, 0.29) is 18.3 Å². The van der Waals surface area contributed by atoms with Gasteiger partial charge in [-0.15, -0.1) is 23.7 Å². The second-order valence-electron chi connectivity index (χ2n) is 7.97. The summed E-state index contributed by atoms with van der Waals surface area (Å²) in [6, 6.07) is 9.09. The third-order valence-corrected chi connectivity index (χ3v) is 7.00. The molecule has 3 aromatic rings. The summed E-state index contributed by atoms with van der Waals surface area (Å²) < 4.78 is 2.00. The van der Waals surface area contributed by atoms with E-state index in [0.717, 1.165) is 30.3 Å². The number of benzene rings is 1. The Bertz CT molecular complexity index is 971. The van der Waals surface area contributed by atoms with E-state index in [4.69, 9.17) is 0 Å². The molecule has 0 saturated carbocycles. The summed E-state index contributed by atoms with van der Waals surface area (Å²) in [6.45, 7) is 4.99. The average Bonchev–Trinajstić information content (AvgIpc) is 3.35. The lowest BCUT2D eigenvalue weighted by Crippen LogP contribution is -2.34. The van der Waals surface area contributed by atoms with Crippen molar-refractivity contribution in [2.45, 2.75) is 19.4 Å². The van der Waals surface area contributed by atoms with Crippen LogP contribution in [0, 0.1) is 18.8 Å². The fourth-order valence-electron chi connectivity index (χ4n) is 4.98. The van der Waals surface area contributed by atoms with Gasteiger partial charge in [-0.1, -0.05) is 24.3 Å². The smallest absolute Gasteiger partial charge is 0.228 e. The van der Waals surface area contributed by atoms with Gasteiger partial charge in [0, 0.05) is 49.4 Å². The topological polar surface area (TPSA) is 40.9 Å². The Hall–Kier alpha value is -1.89. The summed E-state index contributed by atoms with van der Waals surface area (Å²) in [5.41, 5.74) is 3.63. The maximum Gasteiger partial charge on any atom is 0.228 e. The highest BCUT2D eigenvalue weighted by molar-refractivity contribution is 7.15. The standard InChI is InChI=1S/C21H24N4OS.ClH/c1-14-5-3-4-6-17(14)20-18-13-25(11-15(18)10-23(20)2)19(26)9-16-12-24-7-8-27-21(24)22-16;/h3-8,12,15,18,20H,9-11,13H2,1-2H3;1H/t15-,18+,20+;/m0./s1. The highest BCUT2D eigenvalue weighted by Crippen LogP contribution is 2.44. The Labute approximate surface area is 175 Å². The molecule has 0 N–H and O–H groups in total. The predicted octanol–water partition coefficient (Wildman–Crippen LogP) is 3.43. The molecule has 3 atom stereocenters. The van der Waals surface area contributed by atoms with Crippen molar-refractivity contribution < 1.29 is 4.79 Å². The number of likely N-dealkylation sites (tertiary alicyclic amines) is 2. The van der Waals surface area contributed by atoms with Gasteiger partial charge in [-0.2, -0.15) is 0 Å². The van der Waals surface area contributed by atoms with E-state index in [9.17, 15) is 4.79 Å². The van der Waals surface area contributed by atoms with E-state index in [1.807, 2.05) is 22.2 Å². The van der Waals surface area contributed by atoms with Crippen LogP contribution in [-0.2, 0) is 11.2 Å². The Morgan fingerprint density at radius 1 is 1.25 bits per heavy atom. The average molecular weight is 417 g/mol. The molecule has 0 unspecified atom stereocenters. The molecule has 0 radical (unpaired) electrons. The summed E-state index contributed by atoms with van der Waals surface area (Å²) in [5, 5.41) is 2.01. The van der Waals surface area contributed by atoms with Crippen LogP contribution in [0.25, 0.3) is 4.96 Å². The predicted molar refractivity (Wildman–Crippen MR) is 114 cm³/mol. The van der Waals surface area contributed by atoms with Crippen LogP contribution in [0.5, 0.6) is 0 Å². The largest absolute Gasteiger partial charge is 0.342 e. The number of hydrogen-bond donors (Lipinski definition) is 0. The van der Waals surface area contributed by atoms with Crippen LogP contribution in [0.15, 0.2) is 42.0 Å². The Balaban J connectivity index is 0.00000192. The van der Waals surface area contributed by atoms with Gasteiger partial charge in [-0.05, 0) is 31.0 Å². The number of hydrogen-bond acceptors (Lipinski definition) is 4. The van der Waals surface area contributed by atoms with Crippen molar-refractivity contribution in [2.24, 2.45) is 11.8 Å². The first-order chi connectivity index (χ1) is 13.1. The first kappa shape index (κ1) is 19.4. The number of halogens is 1. The number of nitrogens with zero attached hydrogens (tertiary/aromatic N) is 4. The Morgan fingerprint density at radius 3 is 2.86 bits per heavy atom. The number of rotatable bonds is 3. The van der Waals surface area contributed by atoms with Crippen LogP contribution < -0.4 is 0 Å². The van der Waals surface area contributed by atoms with Crippen LogP contribution in [0.3, 0.4) is 0 Å². The lowest BCUT2D eigenvalue weighted by atomic mass is 9.88. The number of carbonyl (C=O) groups is 1. The van der Waals surface area contributed by atoms with Crippen molar-refractivity contribution >= 4 is 34.6 Å². The lowest BCUT2D eigenvalue weighted by molar-refractivity contribution is -0.129. The number of aryl methyl sites for hydroxylation is 1. The van der Waals surface area contributed by atoms with Gasteiger partial charge in [-0.3, -0.25) is 14.1 Å². The monoisotopic (exact) mass is 416 g/mol. The van der Waals surface area contributed by atoms with Crippen molar-refractivity contribution in [1.82, 2.24) is 19.2 Å². The maximum absolute atomic E-state index is 12.9. The lowest BCUT2D eigenvalue weighted by Gasteiger charge is -2.28. The normalized spacial score (nSPS) is 24.5. The zero-order valence-corrected chi connectivity index (χ0v) is 17.7. The summed E-state index contributed by atoms with van der Waals surface area (Å²) in [7, 11) is 2.22. The van der Waals surface area contributed by atoms with Crippen molar-refractivity contribution in [2.75, 3.05) is 26.7 Å². The second kappa shape index (κ2) is 7.50. The minimum Gasteiger partial charge on any atom is -0.342 e. The molecule has 0 aliphatic carbocycles. The Morgan fingerprint density at radius 2 is 2.07 bits per heavy atom. The number of carbonyl (C=O) groups excluding carboxylic acids is 1. The third-order valence-electron chi connectivity index (χ3n) is 6.23. The molecular weight excluding hydrogens is 392 g/mol. The molecule has 2 aliphatic rings. The number of imidazole rings is 1. The van der Waals surface area contributed by atoms with Crippen LogP contribution in [0.4, 0.5) is 0 Å². The zero-order valence-electron chi connectivity index (χ0n) is 16.1. The quantitative estimate of drug-likeness (QED) is 0.656. The van der Waals surface area contributed by atoms with E-state index in [2.05, 4.69) is 53.0 Å². The van der Waals surface area contributed by atoms with Gasteiger partial charge in [0.25, 0.3) is 0 Å². The molecule has 148 valence electrons. The molecule has 2 saturated heterocycles. The van der Waals surface area contributed by atoms with Gasteiger partial charge in [0.05, 0.1) is 12.1 Å². The molecule has 1 aromatic carbocycles. The SMILES string of the molecule is Cc1ccccc1[C@@H]1[C@@H]2CN(C(=O)Cc3cn4ccsc4n3)C[C@@H]2CN1C.Cl. The summed E-state index contributed by atoms with van der Waals surface area (Å²) in [6.07, 6.45) is 4.37. The molecule has 1 amide bonds.